The third-order valence-corrected chi connectivity index (χ3v) is 2.92. The number of aromatic nitrogens is 1. The molecule has 0 bridgehead atoms. The van der Waals surface area contributed by atoms with Crippen molar-refractivity contribution in [3.8, 4) is 0 Å². The number of carbonyl (C=O) groups excluding carboxylic acids is 1. The molecule has 0 saturated heterocycles. The minimum Gasteiger partial charge on any atom is -0.350 e. The maximum atomic E-state index is 11.7. The van der Waals surface area contributed by atoms with Crippen molar-refractivity contribution in [1.82, 2.24) is 10.3 Å². The molecule has 0 radical (unpaired) electrons. The van der Waals surface area contributed by atoms with Crippen molar-refractivity contribution >= 4 is 5.91 Å². The fraction of sp³-hybridized carbons (Fsp3) is 0.250. The average Bonchev–Trinajstić information content (AvgIpc) is 2.44. The molecule has 98 valence electrons. The number of aryl methyl sites for hydroxylation is 2. The predicted octanol–water partition coefficient (Wildman–Crippen LogP) is 2.64. The first kappa shape index (κ1) is 13.3. The van der Waals surface area contributed by atoms with Crippen LogP contribution in [0.2, 0.25) is 0 Å². The van der Waals surface area contributed by atoms with Crippen LogP contribution in [0, 0.1) is 6.92 Å². The van der Waals surface area contributed by atoms with Crippen LogP contribution in [0.1, 0.15) is 23.2 Å². The molecule has 0 aliphatic carbocycles. The van der Waals surface area contributed by atoms with Crippen LogP contribution in [0.25, 0.3) is 0 Å². The molecule has 1 amide bonds. The molecule has 0 saturated carbocycles. The Balaban J connectivity index is 1.76. The summed E-state index contributed by atoms with van der Waals surface area (Å²) >= 11 is 0. The molecule has 3 heteroatoms. The van der Waals surface area contributed by atoms with Gasteiger partial charge in [-0.05, 0) is 31.0 Å². The molecule has 19 heavy (non-hydrogen) atoms. The van der Waals surface area contributed by atoms with Gasteiger partial charge in [0.25, 0.3) is 0 Å². The molecule has 3 nitrogen and oxygen atoms in total. The summed E-state index contributed by atoms with van der Waals surface area (Å²) in [5.41, 5.74) is 3.31. The minimum atomic E-state index is 0.0622. The second kappa shape index (κ2) is 6.69. The number of benzene rings is 1. The first-order chi connectivity index (χ1) is 9.24. The van der Waals surface area contributed by atoms with Gasteiger partial charge in [0, 0.05) is 12.6 Å². The van der Waals surface area contributed by atoms with E-state index in [1.165, 1.54) is 11.1 Å². The van der Waals surface area contributed by atoms with Crippen molar-refractivity contribution in [2.75, 3.05) is 0 Å². The van der Waals surface area contributed by atoms with Gasteiger partial charge in [-0.2, -0.15) is 0 Å². The van der Waals surface area contributed by atoms with Crippen molar-refractivity contribution in [2.45, 2.75) is 26.3 Å². The van der Waals surface area contributed by atoms with Gasteiger partial charge in [-0.25, -0.2) is 0 Å². The Morgan fingerprint density at radius 1 is 1.21 bits per heavy atom. The van der Waals surface area contributed by atoms with E-state index in [1.807, 2.05) is 24.3 Å². The van der Waals surface area contributed by atoms with Gasteiger partial charge in [0.15, 0.2) is 0 Å². The number of carbonyl (C=O) groups is 1. The first-order valence-electron chi connectivity index (χ1n) is 6.46. The topological polar surface area (TPSA) is 42.0 Å². The van der Waals surface area contributed by atoms with E-state index in [0.29, 0.717) is 13.0 Å². The zero-order valence-electron chi connectivity index (χ0n) is 11.1. The van der Waals surface area contributed by atoms with Crippen molar-refractivity contribution < 1.29 is 4.79 Å². The zero-order valence-corrected chi connectivity index (χ0v) is 11.1. The highest BCUT2D eigenvalue weighted by Crippen LogP contribution is 2.06. The number of rotatable bonds is 5. The quantitative estimate of drug-likeness (QED) is 0.891. The van der Waals surface area contributed by atoms with Gasteiger partial charge in [-0.1, -0.05) is 35.9 Å². The standard InChI is InChI=1S/C16H18N2O/c1-13-5-4-6-14(11-13)8-9-16(19)18-12-15-7-2-3-10-17-15/h2-7,10-11H,8-9,12H2,1H3,(H,18,19). The predicted molar refractivity (Wildman–Crippen MR) is 75.6 cm³/mol. The van der Waals surface area contributed by atoms with Gasteiger partial charge in [-0.15, -0.1) is 0 Å². The molecule has 1 heterocycles. The van der Waals surface area contributed by atoms with Crippen molar-refractivity contribution in [3.63, 3.8) is 0 Å². The lowest BCUT2D eigenvalue weighted by atomic mass is 10.1. The summed E-state index contributed by atoms with van der Waals surface area (Å²) < 4.78 is 0. The minimum absolute atomic E-state index is 0.0622. The summed E-state index contributed by atoms with van der Waals surface area (Å²) in [6.07, 6.45) is 3.01. The maximum Gasteiger partial charge on any atom is 0.220 e. The summed E-state index contributed by atoms with van der Waals surface area (Å²) in [6.45, 7) is 2.55. The van der Waals surface area contributed by atoms with Crippen LogP contribution in [-0.4, -0.2) is 10.9 Å². The highest BCUT2D eigenvalue weighted by Gasteiger charge is 2.02. The number of pyridine rings is 1. The maximum absolute atomic E-state index is 11.7. The first-order valence-corrected chi connectivity index (χ1v) is 6.46. The van der Waals surface area contributed by atoms with Gasteiger partial charge in [0.2, 0.25) is 5.91 Å². The fourth-order valence-corrected chi connectivity index (χ4v) is 1.91. The summed E-state index contributed by atoms with van der Waals surface area (Å²) in [5.74, 6) is 0.0622. The van der Waals surface area contributed by atoms with E-state index in [9.17, 15) is 4.79 Å². The van der Waals surface area contributed by atoms with Gasteiger partial charge < -0.3 is 5.32 Å². The summed E-state index contributed by atoms with van der Waals surface area (Å²) in [6, 6.07) is 13.9. The Bertz CT molecular complexity index is 537. The van der Waals surface area contributed by atoms with E-state index in [0.717, 1.165) is 12.1 Å². The number of amides is 1. The Kier molecular flexibility index (Phi) is 4.67. The third-order valence-electron chi connectivity index (χ3n) is 2.92. The Morgan fingerprint density at radius 2 is 2.11 bits per heavy atom. The SMILES string of the molecule is Cc1cccc(CCC(=O)NCc2ccccn2)c1. The molecular weight excluding hydrogens is 236 g/mol. The van der Waals surface area contributed by atoms with Crippen LogP contribution >= 0.6 is 0 Å². The summed E-state index contributed by atoms with van der Waals surface area (Å²) in [5, 5.41) is 2.88. The molecule has 0 unspecified atom stereocenters. The normalized spacial score (nSPS) is 10.2. The summed E-state index contributed by atoms with van der Waals surface area (Å²) in [4.78, 5) is 15.9. The third kappa shape index (κ3) is 4.54. The van der Waals surface area contributed by atoms with Crippen LogP contribution in [0.4, 0.5) is 0 Å². The summed E-state index contributed by atoms with van der Waals surface area (Å²) in [7, 11) is 0. The molecule has 1 aromatic heterocycles. The Hall–Kier alpha value is -2.16. The van der Waals surface area contributed by atoms with E-state index in [1.54, 1.807) is 6.20 Å². The Labute approximate surface area is 113 Å². The van der Waals surface area contributed by atoms with E-state index in [-0.39, 0.29) is 5.91 Å². The van der Waals surface area contributed by atoms with Crippen LogP contribution in [0.15, 0.2) is 48.7 Å². The lowest BCUT2D eigenvalue weighted by Crippen LogP contribution is -2.23. The van der Waals surface area contributed by atoms with E-state index >= 15 is 0 Å². The highest BCUT2D eigenvalue weighted by molar-refractivity contribution is 5.76. The number of hydrogen-bond acceptors (Lipinski definition) is 2. The van der Waals surface area contributed by atoms with E-state index in [2.05, 4.69) is 35.4 Å². The van der Waals surface area contributed by atoms with E-state index in [4.69, 9.17) is 0 Å². The second-order valence-electron chi connectivity index (χ2n) is 4.59. The largest absolute Gasteiger partial charge is 0.350 e. The molecule has 0 atom stereocenters. The van der Waals surface area contributed by atoms with Crippen LogP contribution < -0.4 is 5.32 Å². The van der Waals surface area contributed by atoms with Crippen molar-refractivity contribution in [1.29, 1.82) is 0 Å². The van der Waals surface area contributed by atoms with Crippen LogP contribution in [0.5, 0.6) is 0 Å². The fourth-order valence-electron chi connectivity index (χ4n) is 1.91. The molecule has 0 spiro atoms. The molecule has 1 aromatic carbocycles. The lowest BCUT2D eigenvalue weighted by Gasteiger charge is -2.05. The average molecular weight is 254 g/mol. The van der Waals surface area contributed by atoms with Crippen LogP contribution in [-0.2, 0) is 17.8 Å². The van der Waals surface area contributed by atoms with Crippen molar-refractivity contribution in [2.24, 2.45) is 0 Å². The second-order valence-corrected chi connectivity index (χ2v) is 4.59. The molecule has 0 fully saturated rings. The smallest absolute Gasteiger partial charge is 0.220 e. The zero-order chi connectivity index (χ0) is 13.5. The monoisotopic (exact) mass is 254 g/mol. The molecule has 2 aromatic rings. The van der Waals surface area contributed by atoms with Gasteiger partial charge >= 0.3 is 0 Å². The molecule has 0 aliphatic rings. The molecule has 2 rings (SSSR count). The van der Waals surface area contributed by atoms with E-state index < -0.39 is 0 Å². The van der Waals surface area contributed by atoms with Gasteiger partial charge in [-0.3, -0.25) is 9.78 Å². The molecular formula is C16H18N2O. The Morgan fingerprint density at radius 3 is 2.84 bits per heavy atom. The number of nitrogens with one attached hydrogen (secondary N) is 1. The molecule has 0 aliphatic heterocycles. The van der Waals surface area contributed by atoms with Gasteiger partial charge in [0.05, 0.1) is 12.2 Å². The number of hydrogen-bond donors (Lipinski definition) is 1. The van der Waals surface area contributed by atoms with Crippen molar-refractivity contribution in [3.05, 3.63) is 65.5 Å². The molecule has 1 N–H and O–H groups in total. The highest BCUT2D eigenvalue weighted by atomic mass is 16.1. The lowest BCUT2D eigenvalue weighted by molar-refractivity contribution is -0.121. The number of nitrogens with zero attached hydrogens (tertiary/aromatic N) is 1. The van der Waals surface area contributed by atoms with Gasteiger partial charge in [0.1, 0.15) is 0 Å². The van der Waals surface area contributed by atoms with Crippen LogP contribution in [0.3, 0.4) is 0 Å².